The molecule has 0 radical (unpaired) electrons. The Balaban J connectivity index is 2.46. The quantitative estimate of drug-likeness (QED) is 0.606. The van der Waals surface area contributed by atoms with Gasteiger partial charge in [0.1, 0.15) is 12.6 Å². The Morgan fingerprint density at radius 1 is 1.36 bits per heavy atom. The van der Waals surface area contributed by atoms with Crippen LogP contribution in [0, 0.1) is 0 Å². The average Bonchev–Trinajstić information content (AvgIpc) is 2.58. The van der Waals surface area contributed by atoms with Gasteiger partial charge >= 0.3 is 0 Å². The Labute approximate surface area is 62.9 Å². The SMILES string of the molecule is c1cc(-c2cnoc2)ncn1. The van der Waals surface area contributed by atoms with Gasteiger partial charge in [-0.25, -0.2) is 9.97 Å². The number of aromatic nitrogens is 3. The van der Waals surface area contributed by atoms with Gasteiger partial charge < -0.3 is 4.52 Å². The zero-order valence-electron chi connectivity index (χ0n) is 5.64. The van der Waals surface area contributed by atoms with Crippen molar-refractivity contribution in [3.8, 4) is 11.3 Å². The summed E-state index contributed by atoms with van der Waals surface area (Å²) in [6.07, 6.45) is 6.32. The fourth-order valence-electron chi connectivity index (χ4n) is 0.793. The second-order valence-corrected chi connectivity index (χ2v) is 2.01. The Hall–Kier alpha value is -1.71. The van der Waals surface area contributed by atoms with E-state index in [0.29, 0.717) is 0 Å². The normalized spacial score (nSPS) is 9.82. The third-order valence-corrected chi connectivity index (χ3v) is 1.31. The summed E-state index contributed by atoms with van der Waals surface area (Å²) in [5.74, 6) is 0. The van der Waals surface area contributed by atoms with Crippen molar-refractivity contribution in [3.63, 3.8) is 0 Å². The first-order chi connectivity index (χ1) is 5.47. The first-order valence-electron chi connectivity index (χ1n) is 3.12. The molecule has 0 N–H and O–H groups in total. The van der Waals surface area contributed by atoms with Crippen LogP contribution >= 0.6 is 0 Å². The van der Waals surface area contributed by atoms with Gasteiger partial charge in [-0.3, -0.25) is 0 Å². The van der Waals surface area contributed by atoms with Crippen LogP contribution in [0.3, 0.4) is 0 Å². The summed E-state index contributed by atoms with van der Waals surface area (Å²) in [6.45, 7) is 0. The molecule has 2 heterocycles. The number of hydrogen-bond donors (Lipinski definition) is 0. The fourth-order valence-corrected chi connectivity index (χ4v) is 0.793. The van der Waals surface area contributed by atoms with Gasteiger partial charge in [-0.2, -0.15) is 0 Å². The highest BCUT2D eigenvalue weighted by molar-refractivity contribution is 5.54. The zero-order valence-corrected chi connectivity index (χ0v) is 5.64. The van der Waals surface area contributed by atoms with E-state index in [1.165, 1.54) is 6.33 Å². The van der Waals surface area contributed by atoms with Crippen LogP contribution in [0.1, 0.15) is 0 Å². The zero-order chi connectivity index (χ0) is 7.52. The molecule has 0 aliphatic carbocycles. The largest absolute Gasteiger partial charge is 0.364 e. The smallest absolute Gasteiger partial charge is 0.133 e. The standard InChI is InChI=1S/C7H5N3O/c1-2-8-5-9-7(1)6-3-10-11-4-6/h1-5H. The molecular weight excluding hydrogens is 142 g/mol. The summed E-state index contributed by atoms with van der Waals surface area (Å²) >= 11 is 0. The topological polar surface area (TPSA) is 51.8 Å². The van der Waals surface area contributed by atoms with Crippen molar-refractivity contribution in [2.75, 3.05) is 0 Å². The first kappa shape index (κ1) is 6.03. The van der Waals surface area contributed by atoms with Gasteiger partial charge in [0.2, 0.25) is 0 Å². The molecule has 0 aliphatic rings. The van der Waals surface area contributed by atoms with Gasteiger partial charge in [0.15, 0.2) is 0 Å². The summed E-state index contributed by atoms with van der Waals surface area (Å²) in [5, 5.41) is 3.56. The van der Waals surface area contributed by atoms with Crippen LogP contribution in [0.2, 0.25) is 0 Å². The minimum atomic E-state index is 0.821. The van der Waals surface area contributed by atoms with Crippen molar-refractivity contribution in [1.82, 2.24) is 15.1 Å². The molecule has 54 valence electrons. The summed E-state index contributed by atoms with van der Waals surface area (Å²) in [4.78, 5) is 7.80. The van der Waals surface area contributed by atoms with E-state index in [9.17, 15) is 0 Å². The molecule has 0 aromatic carbocycles. The molecule has 0 bridgehead atoms. The third-order valence-electron chi connectivity index (χ3n) is 1.31. The highest BCUT2D eigenvalue weighted by Crippen LogP contribution is 2.12. The molecule has 2 aromatic heterocycles. The van der Waals surface area contributed by atoms with Crippen LogP contribution in [0.15, 0.2) is 35.6 Å². The summed E-state index contributed by atoms with van der Waals surface area (Å²) in [5.41, 5.74) is 1.69. The Morgan fingerprint density at radius 2 is 2.36 bits per heavy atom. The Kier molecular flexibility index (Phi) is 1.37. The van der Waals surface area contributed by atoms with E-state index in [-0.39, 0.29) is 0 Å². The summed E-state index contributed by atoms with van der Waals surface area (Å²) in [6, 6.07) is 1.80. The van der Waals surface area contributed by atoms with Gasteiger partial charge in [-0.1, -0.05) is 5.16 Å². The monoisotopic (exact) mass is 147 g/mol. The molecular formula is C7H5N3O. The molecule has 2 rings (SSSR count). The lowest BCUT2D eigenvalue weighted by molar-refractivity contribution is 0.420. The van der Waals surface area contributed by atoms with Crippen molar-refractivity contribution in [2.24, 2.45) is 0 Å². The van der Waals surface area contributed by atoms with Crippen LogP contribution in [0.4, 0.5) is 0 Å². The van der Waals surface area contributed by atoms with Crippen molar-refractivity contribution >= 4 is 0 Å². The van der Waals surface area contributed by atoms with E-state index >= 15 is 0 Å². The van der Waals surface area contributed by atoms with E-state index < -0.39 is 0 Å². The summed E-state index contributed by atoms with van der Waals surface area (Å²) in [7, 11) is 0. The lowest BCUT2D eigenvalue weighted by atomic mass is 10.2. The minimum absolute atomic E-state index is 0.821. The van der Waals surface area contributed by atoms with Crippen LogP contribution in [-0.2, 0) is 0 Å². The molecule has 0 saturated heterocycles. The van der Waals surface area contributed by atoms with E-state index in [1.54, 1.807) is 24.7 Å². The first-order valence-corrected chi connectivity index (χ1v) is 3.12. The van der Waals surface area contributed by atoms with Gasteiger partial charge in [0.05, 0.1) is 17.5 Å². The molecule has 0 fully saturated rings. The van der Waals surface area contributed by atoms with Crippen molar-refractivity contribution in [3.05, 3.63) is 31.1 Å². The van der Waals surface area contributed by atoms with Crippen LogP contribution in [0.5, 0.6) is 0 Å². The van der Waals surface area contributed by atoms with E-state index in [2.05, 4.69) is 19.6 Å². The molecule has 0 unspecified atom stereocenters. The number of rotatable bonds is 1. The molecule has 0 atom stereocenters. The van der Waals surface area contributed by atoms with Crippen molar-refractivity contribution < 1.29 is 4.52 Å². The van der Waals surface area contributed by atoms with Crippen LogP contribution in [-0.4, -0.2) is 15.1 Å². The number of hydrogen-bond acceptors (Lipinski definition) is 4. The maximum absolute atomic E-state index is 4.66. The van der Waals surface area contributed by atoms with Gasteiger partial charge in [0, 0.05) is 6.20 Å². The lowest BCUT2D eigenvalue weighted by Gasteiger charge is -1.89. The molecule has 2 aromatic rings. The predicted octanol–water partition coefficient (Wildman–Crippen LogP) is 1.13. The Bertz CT molecular complexity index is 317. The molecule has 0 amide bonds. The van der Waals surface area contributed by atoms with Crippen molar-refractivity contribution in [1.29, 1.82) is 0 Å². The van der Waals surface area contributed by atoms with Crippen LogP contribution in [0.25, 0.3) is 11.3 Å². The third kappa shape index (κ3) is 1.10. The lowest BCUT2D eigenvalue weighted by Crippen LogP contribution is -1.80. The Morgan fingerprint density at radius 3 is 3.00 bits per heavy atom. The number of nitrogens with zero attached hydrogens (tertiary/aromatic N) is 3. The van der Waals surface area contributed by atoms with E-state index in [0.717, 1.165) is 11.3 Å². The van der Waals surface area contributed by atoms with E-state index in [1.807, 2.05) is 0 Å². The highest BCUT2D eigenvalue weighted by Gasteiger charge is 1.98. The van der Waals surface area contributed by atoms with Gasteiger partial charge in [0.25, 0.3) is 0 Å². The minimum Gasteiger partial charge on any atom is -0.364 e. The molecule has 4 nitrogen and oxygen atoms in total. The maximum Gasteiger partial charge on any atom is 0.133 e. The molecule has 0 saturated carbocycles. The molecule has 11 heavy (non-hydrogen) atoms. The van der Waals surface area contributed by atoms with Gasteiger partial charge in [-0.15, -0.1) is 0 Å². The summed E-state index contributed by atoms with van der Waals surface area (Å²) < 4.78 is 4.66. The maximum atomic E-state index is 4.66. The van der Waals surface area contributed by atoms with Crippen LogP contribution < -0.4 is 0 Å². The van der Waals surface area contributed by atoms with Crippen molar-refractivity contribution in [2.45, 2.75) is 0 Å². The average molecular weight is 147 g/mol. The van der Waals surface area contributed by atoms with Gasteiger partial charge in [-0.05, 0) is 6.07 Å². The molecule has 0 spiro atoms. The van der Waals surface area contributed by atoms with E-state index in [4.69, 9.17) is 0 Å². The molecule has 4 heteroatoms. The highest BCUT2D eigenvalue weighted by atomic mass is 16.5. The predicted molar refractivity (Wildman–Crippen MR) is 37.5 cm³/mol. The second-order valence-electron chi connectivity index (χ2n) is 2.01. The fraction of sp³-hybridized carbons (Fsp3) is 0. The second kappa shape index (κ2) is 2.49. The molecule has 0 aliphatic heterocycles.